The third kappa shape index (κ3) is 2.83. The highest BCUT2D eigenvalue weighted by Gasteiger charge is 2.59. The normalized spacial score (nSPS) is 22.8. The predicted octanol–water partition coefficient (Wildman–Crippen LogP) is 3.44. The number of hydrogen-bond acceptors (Lipinski definition) is 5. The molecular formula is C22H23NO4S. The number of piperidine rings is 1. The van der Waals surface area contributed by atoms with Gasteiger partial charge in [-0.25, -0.2) is 0 Å². The van der Waals surface area contributed by atoms with Gasteiger partial charge in [0.2, 0.25) is 11.7 Å². The summed E-state index contributed by atoms with van der Waals surface area (Å²) in [6.07, 6.45) is 1.00. The van der Waals surface area contributed by atoms with Crippen LogP contribution < -0.4 is 0 Å². The van der Waals surface area contributed by atoms with Crippen molar-refractivity contribution in [1.82, 2.24) is 4.90 Å². The van der Waals surface area contributed by atoms with E-state index in [0.29, 0.717) is 31.5 Å². The Balaban J connectivity index is 1.97. The van der Waals surface area contributed by atoms with Crippen molar-refractivity contribution < 1.29 is 19.4 Å². The maximum Gasteiger partial charge on any atom is 0.305 e. The summed E-state index contributed by atoms with van der Waals surface area (Å²) in [6.45, 7) is 3.88. The van der Waals surface area contributed by atoms with E-state index in [4.69, 9.17) is 4.74 Å². The average molecular weight is 397 g/mol. The molecule has 1 amide bonds. The molecule has 2 aliphatic rings. The number of benzene rings is 2. The Morgan fingerprint density at radius 1 is 0.964 bits per heavy atom. The molecule has 0 aromatic heterocycles. The first kappa shape index (κ1) is 19.0. The fraction of sp³-hybridized carbons (Fsp3) is 0.364. The van der Waals surface area contributed by atoms with Crippen LogP contribution >= 0.6 is 11.8 Å². The quantitative estimate of drug-likeness (QED) is 0.590. The van der Waals surface area contributed by atoms with Gasteiger partial charge in [-0.2, -0.15) is 0 Å². The van der Waals surface area contributed by atoms with Crippen LogP contribution in [0.5, 0.6) is 0 Å². The topological polar surface area (TPSA) is 66.8 Å². The average Bonchev–Trinajstić information content (AvgIpc) is 2.75. The molecule has 0 radical (unpaired) electrons. The molecule has 4 rings (SSSR count). The summed E-state index contributed by atoms with van der Waals surface area (Å²) >= 11 is 1.58. The van der Waals surface area contributed by atoms with E-state index < -0.39 is 17.2 Å². The lowest BCUT2D eigenvalue weighted by Gasteiger charge is -2.50. The Labute approximate surface area is 168 Å². The second kappa shape index (κ2) is 6.94. The number of esters is 1. The van der Waals surface area contributed by atoms with E-state index in [9.17, 15) is 14.7 Å². The molecule has 1 atom stereocenters. The van der Waals surface area contributed by atoms with E-state index in [2.05, 4.69) is 0 Å². The second-order valence-electron chi connectivity index (χ2n) is 7.42. The third-order valence-electron chi connectivity index (χ3n) is 5.88. The Kier molecular flexibility index (Phi) is 4.71. The van der Waals surface area contributed by atoms with Crippen LogP contribution in [-0.4, -0.2) is 35.0 Å². The molecule has 146 valence electrons. The lowest BCUT2D eigenvalue weighted by atomic mass is 9.64. The summed E-state index contributed by atoms with van der Waals surface area (Å²) in [5, 5.41) is 12.1. The van der Waals surface area contributed by atoms with Crippen LogP contribution in [0.1, 0.15) is 37.8 Å². The van der Waals surface area contributed by atoms with Crippen molar-refractivity contribution in [3.8, 4) is 0 Å². The summed E-state index contributed by atoms with van der Waals surface area (Å²) in [5.74, 6) is -2.32. The van der Waals surface area contributed by atoms with Gasteiger partial charge in [-0.15, -0.1) is 0 Å². The molecule has 2 aromatic carbocycles. The second-order valence-corrected chi connectivity index (χ2v) is 8.50. The van der Waals surface area contributed by atoms with Crippen LogP contribution in [-0.2, 0) is 25.5 Å². The van der Waals surface area contributed by atoms with E-state index in [-0.39, 0.29) is 5.91 Å². The highest BCUT2D eigenvalue weighted by atomic mass is 32.2. The van der Waals surface area contributed by atoms with Gasteiger partial charge in [0.1, 0.15) is 0 Å². The number of amides is 1. The van der Waals surface area contributed by atoms with Gasteiger partial charge in [0.05, 0.1) is 5.41 Å². The zero-order valence-corrected chi connectivity index (χ0v) is 16.8. The zero-order valence-electron chi connectivity index (χ0n) is 16.0. The molecule has 1 N–H and O–H groups in total. The fourth-order valence-corrected chi connectivity index (χ4v) is 5.74. The number of rotatable bonds is 1. The molecule has 0 bridgehead atoms. The number of hydrogen-bond donors (Lipinski definition) is 1. The van der Waals surface area contributed by atoms with Gasteiger partial charge in [-0.3, -0.25) is 9.59 Å². The molecular weight excluding hydrogens is 374 g/mol. The van der Waals surface area contributed by atoms with Crippen molar-refractivity contribution in [2.24, 2.45) is 0 Å². The number of carbonyl (C=O) groups excluding carboxylic acids is 2. The maximum absolute atomic E-state index is 12.1. The monoisotopic (exact) mass is 397 g/mol. The SMILES string of the molecule is CC(=O)OC1(O)c2ccccc2Sc2ccccc2C12CCN(C(C)=O)CC2. The van der Waals surface area contributed by atoms with Gasteiger partial charge >= 0.3 is 5.97 Å². The van der Waals surface area contributed by atoms with Gasteiger partial charge in [0, 0.05) is 42.3 Å². The van der Waals surface area contributed by atoms with Crippen LogP contribution in [0.25, 0.3) is 0 Å². The molecule has 28 heavy (non-hydrogen) atoms. The predicted molar refractivity (Wildman–Crippen MR) is 106 cm³/mol. The number of ether oxygens (including phenoxy) is 1. The smallest absolute Gasteiger partial charge is 0.305 e. The van der Waals surface area contributed by atoms with Gasteiger partial charge in [-0.05, 0) is 30.5 Å². The van der Waals surface area contributed by atoms with Crippen molar-refractivity contribution >= 4 is 23.6 Å². The van der Waals surface area contributed by atoms with Gasteiger partial charge in [0.15, 0.2) is 0 Å². The molecule has 1 saturated heterocycles. The van der Waals surface area contributed by atoms with Crippen molar-refractivity contribution in [3.63, 3.8) is 0 Å². The van der Waals surface area contributed by atoms with Crippen LogP contribution in [0.15, 0.2) is 58.3 Å². The van der Waals surface area contributed by atoms with Crippen molar-refractivity contribution in [3.05, 3.63) is 59.7 Å². The fourth-order valence-electron chi connectivity index (χ4n) is 4.52. The first-order chi connectivity index (χ1) is 13.4. The number of nitrogens with zero attached hydrogens (tertiary/aromatic N) is 1. The zero-order chi connectivity index (χ0) is 19.9. The third-order valence-corrected chi connectivity index (χ3v) is 7.03. The van der Waals surface area contributed by atoms with E-state index in [0.717, 1.165) is 15.4 Å². The van der Waals surface area contributed by atoms with Crippen LogP contribution in [0.3, 0.4) is 0 Å². The van der Waals surface area contributed by atoms with E-state index in [1.165, 1.54) is 6.92 Å². The molecule has 0 saturated carbocycles. The molecule has 1 spiro atoms. The molecule has 5 nitrogen and oxygen atoms in total. The van der Waals surface area contributed by atoms with E-state index in [1.54, 1.807) is 23.6 Å². The Hall–Kier alpha value is -2.31. The Bertz CT molecular complexity index is 936. The standard InChI is InChI=1S/C22H23NO4S/c1-15(24)23-13-11-21(12-14-23)17-7-3-5-9-19(17)28-20-10-6-4-8-18(20)22(21,26)27-16(2)25/h3-10,26H,11-14H2,1-2H3. The minimum atomic E-state index is -1.81. The highest BCUT2D eigenvalue weighted by molar-refractivity contribution is 7.99. The first-order valence-electron chi connectivity index (χ1n) is 9.42. The molecule has 2 aromatic rings. The number of likely N-dealkylation sites (tertiary alicyclic amines) is 1. The summed E-state index contributed by atoms with van der Waals surface area (Å²) in [6, 6.07) is 15.5. The van der Waals surface area contributed by atoms with E-state index in [1.807, 2.05) is 48.5 Å². The number of fused-ring (bicyclic) bond motifs is 3. The minimum Gasteiger partial charge on any atom is -0.428 e. The molecule has 2 heterocycles. The summed E-state index contributed by atoms with van der Waals surface area (Å²) < 4.78 is 5.73. The summed E-state index contributed by atoms with van der Waals surface area (Å²) in [5.41, 5.74) is 0.728. The Morgan fingerprint density at radius 2 is 1.50 bits per heavy atom. The van der Waals surface area contributed by atoms with Crippen LogP contribution in [0.2, 0.25) is 0 Å². The van der Waals surface area contributed by atoms with Crippen molar-refractivity contribution in [2.45, 2.75) is 47.7 Å². The van der Waals surface area contributed by atoms with Gasteiger partial charge in [-0.1, -0.05) is 48.2 Å². The lowest BCUT2D eigenvalue weighted by Crippen LogP contribution is -2.57. The van der Waals surface area contributed by atoms with E-state index >= 15 is 0 Å². The van der Waals surface area contributed by atoms with Crippen molar-refractivity contribution in [2.75, 3.05) is 13.1 Å². The maximum atomic E-state index is 12.1. The summed E-state index contributed by atoms with van der Waals surface area (Å²) in [4.78, 5) is 27.7. The highest BCUT2D eigenvalue weighted by Crippen LogP contribution is 2.57. The largest absolute Gasteiger partial charge is 0.428 e. The van der Waals surface area contributed by atoms with Crippen molar-refractivity contribution in [1.29, 1.82) is 0 Å². The van der Waals surface area contributed by atoms with Gasteiger partial charge in [0.25, 0.3) is 0 Å². The molecule has 1 fully saturated rings. The summed E-state index contributed by atoms with van der Waals surface area (Å²) in [7, 11) is 0. The first-order valence-corrected chi connectivity index (χ1v) is 10.2. The Morgan fingerprint density at radius 3 is 2.07 bits per heavy atom. The van der Waals surface area contributed by atoms with Crippen LogP contribution in [0.4, 0.5) is 0 Å². The number of aliphatic hydroxyl groups is 1. The number of carbonyl (C=O) groups is 2. The molecule has 0 aliphatic carbocycles. The molecule has 6 heteroatoms. The van der Waals surface area contributed by atoms with Crippen LogP contribution in [0, 0.1) is 0 Å². The minimum absolute atomic E-state index is 0.0163. The molecule has 1 unspecified atom stereocenters. The lowest BCUT2D eigenvalue weighted by molar-refractivity contribution is -0.256. The van der Waals surface area contributed by atoms with Gasteiger partial charge < -0.3 is 14.7 Å². The molecule has 2 aliphatic heterocycles.